The molecule has 0 atom stereocenters. The van der Waals surface area contributed by atoms with E-state index in [0.29, 0.717) is 17.8 Å². The van der Waals surface area contributed by atoms with E-state index < -0.39 is 0 Å². The van der Waals surface area contributed by atoms with Gasteiger partial charge < -0.3 is 15.6 Å². The van der Waals surface area contributed by atoms with E-state index in [9.17, 15) is 4.79 Å². The van der Waals surface area contributed by atoms with E-state index in [1.165, 1.54) is 30.3 Å². The SMILES string of the molecule is O=C(NCc1ccc2cc(CNCC3CCC3)[nH]c2c1)c1cnn2cccnc12. The third-order valence-electron chi connectivity index (χ3n) is 5.69. The number of carbonyl (C=O) groups excluding carboxylic acids is 1. The zero-order valence-corrected chi connectivity index (χ0v) is 16.2. The van der Waals surface area contributed by atoms with E-state index in [1.54, 1.807) is 29.2 Å². The maximum absolute atomic E-state index is 12.5. The van der Waals surface area contributed by atoms with Gasteiger partial charge in [0.2, 0.25) is 0 Å². The average molecular weight is 388 g/mol. The van der Waals surface area contributed by atoms with E-state index in [4.69, 9.17) is 0 Å². The van der Waals surface area contributed by atoms with Gasteiger partial charge in [0.05, 0.1) is 6.20 Å². The van der Waals surface area contributed by atoms with E-state index in [1.807, 2.05) is 0 Å². The Hall–Kier alpha value is -3.19. The van der Waals surface area contributed by atoms with Crippen LogP contribution >= 0.6 is 0 Å². The van der Waals surface area contributed by atoms with Crippen LogP contribution in [0.2, 0.25) is 0 Å². The Bertz CT molecular complexity index is 1160. The number of nitrogens with zero attached hydrogens (tertiary/aromatic N) is 3. The number of benzene rings is 1. The molecule has 0 radical (unpaired) electrons. The van der Waals surface area contributed by atoms with Crippen LogP contribution in [0.1, 0.15) is 40.9 Å². The first kappa shape index (κ1) is 17.9. The number of H-pyrrole nitrogens is 1. The summed E-state index contributed by atoms with van der Waals surface area (Å²) in [5.41, 5.74) is 4.37. The third kappa shape index (κ3) is 3.73. The van der Waals surface area contributed by atoms with E-state index in [2.05, 4.69) is 50.0 Å². The Morgan fingerprint density at radius 2 is 2.17 bits per heavy atom. The Labute approximate surface area is 168 Å². The average Bonchev–Trinajstić information content (AvgIpc) is 3.31. The lowest BCUT2D eigenvalue weighted by Crippen LogP contribution is -2.26. The molecule has 148 valence electrons. The summed E-state index contributed by atoms with van der Waals surface area (Å²) in [6.07, 6.45) is 9.09. The van der Waals surface area contributed by atoms with Crippen LogP contribution in [-0.2, 0) is 13.1 Å². The largest absolute Gasteiger partial charge is 0.357 e. The molecule has 5 rings (SSSR count). The molecular formula is C22H24N6O. The van der Waals surface area contributed by atoms with Crippen molar-refractivity contribution in [2.75, 3.05) is 6.54 Å². The standard InChI is InChI=1S/C22H24N6O/c29-22(19-14-26-28-8-2-7-24-21(19)28)25-12-16-5-6-17-10-18(27-20(17)9-16)13-23-11-15-3-1-4-15/h2,5-10,14-15,23,27H,1,3-4,11-13H2,(H,25,29). The van der Waals surface area contributed by atoms with Gasteiger partial charge >= 0.3 is 0 Å². The van der Waals surface area contributed by atoms with Crippen molar-refractivity contribution in [1.29, 1.82) is 0 Å². The van der Waals surface area contributed by atoms with Crippen molar-refractivity contribution in [2.45, 2.75) is 32.4 Å². The second kappa shape index (κ2) is 7.67. The lowest BCUT2D eigenvalue weighted by molar-refractivity contribution is 0.0952. The first-order chi connectivity index (χ1) is 14.3. The number of aromatic nitrogens is 4. The van der Waals surface area contributed by atoms with Gasteiger partial charge in [0.15, 0.2) is 5.65 Å². The number of hydrogen-bond donors (Lipinski definition) is 3. The number of fused-ring (bicyclic) bond motifs is 2. The molecule has 1 aliphatic carbocycles. The summed E-state index contributed by atoms with van der Waals surface area (Å²) in [7, 11) is 0. The number of aromatic amines is 1. The monoisotopic (exact) mass is 388 g/mol. The van der Waals surface area contributed by atoms with Gasteiger partial charge in [-0.3, -0.25) is 4.79 Å². The molecule has 1 amide bonds. The summed E-state index contributed by atoms with van der Waals surface area (Å²) in [4.78, 5) is 20.3. The molecule has 0 saturated heterocycles. The number of hydrogen-bond acceptors (Lipinski definition) is 4. The van der Waals surface area contributed by atoms with Crippen LogP contribution in [0.4, 0.5) is 0 Å². The Morgan fingerprint density at radius 1 is 1.24 bits per heavy atom. The zero-order valence-electron chi connectivity index (χ0n) is 16.2. The molecule has 1 fully saturated rings. The molecule has 3 aromatic heterocycles. The zero-order chi connectivity index (χ0) is 19.6. The molecule has 7 nitrogen and oxygen atoms in total. The van der Waals surface area contributed by atoms with Gasteiger partial charge in [-0.05, 0) is 54.5 Å². The van der Waals surface area contributed by atoms with Crippen molar-refractivity contribution >= 4 is 22.5 Å². The Kier molecular flexibility index (Phi) is 4.73. The van der Waals surface area contributed by atoms with Crippen molar-refractivity contribution in [3.05, 3.63) is 65.7 Å². The second-order valence-electron chi connectivity index (χ2n) is 7.77. The minimum absolute atomic E-state index is 0.175. The minimum Gasteiger partial charge on any atom is -0.357 e. The summed E-state index contributed by atoms with van der Waals surface area (Å²) < 4.78 is 1.60. The highest BCUT2D eigenvalue weighted by Crippen LogP contribution is 2.25. The normalized spacial score (nSPS) is 14.3. The molecule has 1 saturated carbocycles. The molecular weight excluding hydrogens is 364 g/mol. The van der Waals surface area contributed by atoms with E-state index in [0.717, 1.165) is 30.1 Å². The highest BCUT2D eigenvalue weighted by Gasteiger charge is 2.16. The molecule has 7 heteroatoms. The van der Waals surface area contributed by atoms with Crippen LogP contribution in [0.5, 0.6) is 0 Å². The second-order valence-corrected chi connectivity index (χ2v) is 7.77. The molecule has 3 N–H and O–H groups in total. The number of rotatable bonds is 7. The van der Waals surface area contributed by atoms with Crippen LogP contribution in [-0.4, -0.2) is 32.0 Å². The molecule has 1 aromatic carbocycles. The molecule has 0 spiro atoms. The minimum atomic E-state index is -0.175. The maximum atomic E-state index is 12.5. The predicted octanol–water partition coefficient (Wildman–Crippen LogP) is 3.03. The van der Waals surface area contributed by atoms with Crippen LogP contribution in [0.25, 0.3) is 16.6 Å². The van der Waals surface area contributed by atoms with Gasteiger partial charge in [-0.1, -0.05) is 18.6 Å². The summed E-state index contributed by atoms with van der Waals surface area (Å²) in [5.74, 6) is 0.684. The topological polar surface area (TPSA) is 87.1 Å². The van der Waals surface area contributed by atoms with Crippen LogP contribution in [0, 0.1) is 5.92 Å². The van der Waals surface area contributed by atoms with Crippen molar-refractivity contribution in [3.63, 3.8) is 0 Å². The van der Waals surface area contributed by atoms with Gasteiger partial charge in [0.25, 0.3) is 5.91 Å². The molecule has 29 heavy (non-hydrogen) atoms. The lowest BCUT2D eigenvalue weighted by atomic mass is 9.85. The van der Waals surface area contributed by atoms with Crippen molar-refractivity contribution in [3.8, 4) is 0 Å². The van der Waals surface area contributed by atoms with Crippen LogP contribution < -0.4 is 10.6 Å². The van der Waals surface area contributed by atoms with Gasteiger partial charge in [-0.2, -0.15) is 5.10 Å². The fourth-order valence-electron chi connectivity index (χ4n) is 3.81. The number of nitrogens with one attached hydrogen (secondary N) is 3. The van der Waals surface area contributed by atoms with Gasteiger partial charge in [-0.15, -0.1) is 0 Å². The number of amides is 1. The van der Waals surface area contributed by atoms with Crippen molar-refractivity contribution in [2.24, 2.45) is 5.92 Å². The van der Waals surface area contributed by atoms with Crippen LogP contribution in [0.3, 0.4) is 0 Å². The van der Waals surface area contributed by atoms with E-state index >= 15 is 0 Å². The van der Waals surface area contributed by atoms with E-state index in [-0.39, 0.29) is 5.91 Å². The quantitative estimate of drug-likeness (QED) is 0.454. The van der Waals surface area contributed by atoms with Crippen molar-refractivity contribution < 1.29 is 4.79 Å². The maximum Gasteiger partial charge on any atom is 0.257 e. The summed E-state index contributed by atoms with van der Waals surface area (Å²) >= 11 is 0. The Morgan fingerprint density at radius 3 is 3.03 bits per heavy atom. The molecule has 0 aliphatic heterocycles. The summed E-state index contributed by atoms with van der Waals surface area (Å²) in [6.45, 7) is 2.41. The van der Waals surface area contributed by atoms with Crippen LogP contribution in [0.15, 0.2) is 48.9 Å². The smallest absolute Gasteiger partial charge is 0.257 e. The molecule has 0 unspecified atom stereocenters. The summed E-state index contributed by atoms with van der Waals surface area (Å²) in [5, 5.41) is 11.9. The first-order valence-electron chi connectivity index (χ1n) is 10.1. The lowest BCUT2D eigenvalue weighted by Gasteiger charge is -2.25. The number of carbonyl (C=O) groups is 1. The highest BCUT2D eigenvalue weighted by molar-refractivity contribution is 5.99. The molecule has 3 heterocycles. The summed E-state index contributed by atoms with van der Waals surface area (Å²) in [6, 6.07) is 10.2. The molecule has 1 aliphatic rings. The molecule has 0 bridgehead atoms. The van der Waals surface area contributed by atoms with Crippen molar-refractivity contribution in [1.82, 2.24) is 30.2 Å². The third-order valence-corrected chi connectivity index (χ3v) is 5.69. The van der Waals surface area contributed by atoms with Gasteiger partial charge in [0.1, 0.15) is 5.56 Å². The highest BCUT2D eigenvalue weighted by atomic mass is 16.1. The Balaban J connectivity index is 1.22. The van der Waals surface area contributed by atoms with Gasteiger partial charge in [-0.25, -0.2) is 9.50 Å². The molecule has 4 aromatic rings. The fraction of sp³-hybridized carbons (Fsp3) is 0.318. The predicted molar refractivity (Wildman–Crippen MR) is 112 cm³/mol. The van der Waals surface area contributed by atoms with Gasteiger partial charge in [0, 0.05) is 36.7 Å². The first-order valence-corrected chi connectivity index (χ1v) is 10.1. The fourth-order valence-corrected chi connectivity index (χ4v) is 3.81.